The summed E-state index contributed by atoms with van der Waals surface area (Å²) in [6.45, 7) is 0.832. The van der Waals surface area contributed by atoms with Gasteiger partial charge >= 0.3 is 0 Å². The first kappa shape index (κ1) is 14.8. The minimum Gasteiger partial charge on any atom is -0.354 e. The van der Waals surface area contributed by atoms with Crippen molar-refractivity contribution >= 4 is 55.5 Å². The van der Waals surface area contributed by atoms with Gasteiger partial charge < -0.3 is 4.90 Å². The van der Waals surface area contributed by atoms with Gasteiger partial charge in [-0.15, -0.1) is 22.9 Å². The molecule has 0 saturated carbocycles. The van der Waals surface area contributed by atoms with Crippen LogP contribution in [0.25, 0.3) is 10.8 Å². The first-order valence-electron chi connectivity index (χ1n) is 6.56. The Balaban J connectivity index is 2.01. The van der Waals surface area contributed by atoms with Gasteiger partial charge in [0.1, 0.15) is 5.82 Å². The van der Waals surface area contributed by atoms with Gasteiger partial charge in [-0.25, -0.2) is 4.98 Å². The smallest absolute Gasteiger partial charge is 0.136 e. The summed E-state index contributed by atoms with van der Waals surface area (Å²) in [5.74, 6) is 1.41. The summed E-state index contributed by atoms with van der Waals surface area (Å²) in [7, 11) is 2.07. The molecule has 2 nitrogen and oxygen atoms in total. The number of nitrogens with zero attached hydrogens (tertiary/aromatic N) is 2. The average molecular weight is 382 g/mol. The molecule has 0 aliphatic rings. The third-order valence-electron chi connectivity index (χ3n) is 3.29. The molecule has 2 aromatic heterocycles. The summed E-state index contributed by atoms with van der Waals surface area (Å²) in [6.07, 6.45) is 0. The van der Waals surface area contributed by atoms with Gasteiger partial charge in [-0.2, -0.15) is 0 Å². The fourth-order valence-electron chi connectivity index (χ4n) is 2.34. The predicted molar refractivity (Wildman–Crippen MR) is 95.4 cm³/mol. The van der Waals surface area contributed by atoms with Crippen LogP contribution >= 0.6 is 38.9 Å². The second-order valence-electron chi connectivity index (χ2n) is 4.88. The number of rotatable bonds is 4. The van der Waals surface area contributed by atoms with E-state index in [2.05, 4.69) is 57.5 Å². The Morgan fingerprint density at radius 3 is 2.81 bits per heavy atom. The Bertz CT molecular complexity index is 772. The van der Waals surface area contributed by atoms with Crippen molar-refractivity contribution in [1.82, 2.24) is 4.98 Å². The van der Waals surface area contributed by atoms with Gasteiger partial charge in [-0.1, -0.05) is 24.3 Å². The van der Waals surface area contributed by atoms with E-state index in [9.17, 15) is 0 Å². The van der Waals surface area contributed by atoms with E-state index < -0.39 is 0 Å². The molecule has 0 radical (unpaired) electrons. The molecular formula is C16H14BrClN2S. The first-order chi connectivity index (χ1) is 10.2. The van der Waals surface area contributed by atoms with Crippen LogP contribution in [0.5, 0.6) is 0 Å². The van der Waals surface area contributed by atoms with Crippen molar-refractivity contribution in [2.24, 2.45) is 0 Å². The van der Waals surface area contributed by atoms with Crippen LogP contribution in [-0.2, 0) is 12.4 Å². The zero-order valence-electron chi connectivity index (χ0n) is 11.5. The van der Waals surface area contributed by atoms with Crippen LogP contribution in [0.2, 0.25) is 0 Å². The molecule has 0 unspecified atom stereocenters. The van der Waals surface area contributed by atoms with Crippen LogP contribution in [0, 0.1) is 0 Å². The quantitative estimate of drug-likeness (QED) is 0.560. The van der Waals surface area contributed by atoms with Gasteiger partial charge in [0.25, 0.3) is 0 Å². The van der Waals surface area contributed by atoms with Gasteiger partial charge in [0.15, 0.2) is 0 Å². The Morgan fingerprint density at radius 2 is 2.10 bits per heavy atom. The fourth-order valence-corrected chi connectivity index (χ4v) is 3.98. The number of hydrogen-bond donors (Lipinski definition) is 0. The van der Waals surface area contributed by atoms with Crippen molar-refractivity contribution in [2.45, 2.75) is 12.4 Å². The molecule has 0 amide bonds. The minimum atomic E-state index is 0.427. The lowest BCUT2D eigenvalue weighted by molar-refractivity contribution is 0.912. The molecule has 0 saturated heterocycles. The van der Waals surface area contributed by atoms with Crippen LogP contribution < -0.4 is 4.90 Å². The maximum absolute atomic E-state index is 5.98. The Morgan fingerprint density at radius 1 is 1.29 bits per heavy atom. The van der Waals surface area contributed by atoms with Gasteiger partial charge in [0.05, 0.1) is 18.1 Å². The number of aromatic nitrogens is 1. The van der Waals surface area contributed by atoms with E-state index in [0.717, 1.165) is 27.9 Å². The highest BCUT2D eigenvalue weighted by molar-refractivity contribution is 9.10. The summed E-state index contributed by atoms with van der Waals surface area (Å²) in [5.41, 5.74) is 0.907. The molecule has 0 N–H and O–H groups in total. The van der Waals surface area contributed by atoms with E-state index >= 15 is 0 Å². The topological polar surface area (TPSA) is 16.1 Å². The van der Waals surface area contributed by atoms with Crippen LogP contribution in [0.15, 0.2) is 46.3 Å². The highest BCUT2D eigenvalue weighted by Gasteiger charge is 2.11. The van der Waals surface area contributed by atoms with Gasteiger partial charge in [-0.05, 0) is 33.4 Å². The molecule has 0 bridgehead atoms. The first-order valence-corrected chi connectivity index (χ1v) is 8.77. The number of anilines is 1. The van der Waals surface area contributed by atoms with Crippen molar-refractivity contribution in [3.05, 3.63) is 56.8 Å². The van der Waals surface area contributed by atoms with Gasteiger partial charge in [0.2, 0.25) is 0 Å². The zero-order chi connectivity index (χ0) is 14.8. The molecular weight excluding hydrogens is 368 g/mol. The van der Waals surface area contributed by atoms with E-state index in [1.165, 1.54) is 10.3 Å². The molecule has 0 aliphatic carbocycles. The number of thiophene rings is 1. The second-order valence-corrected chi connectivity index (χ2v) is 7.06. The number of hydrogen-bond acceptors (Lipinski definition) is 3. The van der Waals surface area contributed by atoms with Crippen molar-refractivity contribution in [1.29, 1.82) is 0 Å². The maximum Gasteiger partial charge on any atom is 0.136 e. The lowest BCUT2D eigenvalue weighted by Gasteiger charge is -2.20. The van der Waals surface area contributed by atoms with Crippen molar-refractivity contribution in [3.63, 3.8) is 0 Å². The molecule has 1 aromatic carbocycles. The standard InChI is InChI=1S/C16H14BrClN2S/c1-20(9-14-7-12(17)10-21-14)16-15-5-3-2-4-11(15)6-13(8-18)19-16/h2-7,10H,8-9H2,1H3. The minimum absolute atomic E-state index is 0.427. The summed E-state index contributed by atoms with van der Waals surface area (Å²) in [5, 5.41) is 4.44. The van der Waals surface area contributed by atoms with E-state index in [0.29, 0.717) is 5.88 Å². The normalized spacial score (nSPS) is 11.0. The molecule has 0 fully saturated rings. The van der Waals surface area contributed by atoms with E-state index in [4.69, 9.17) is 16.6 Å². The highest BCUT2D eigenvalue weighted by atomic mass is 79.9. The third kappa shape index (κ3) is 3.23. The summed E-state index contributed by atoms with van der Waals surface area (Å²) >= 11 is 11.2. The maximum atomic E-state index is 5.98. The zero-order valence-corrected chi connectivity index (χ0v) is 14.7. The molecule has 2 heterocycles. The molecule has 0 aliphatic heterocycles. The number of pyridine rings is 1. The summed E-state index contributed by atoms with van der Waals surface area (Å²) in [6, 6.07) is 12.5. The van der Waals surface area contributed by atoms with Crippen molar-refractivity contribution in [3.8, 4) is 0 Å². The van der Waals surface area contributed by atoms with E-state index in [-0.39, 0.29) is 0 Å². The molecule has 5 heteroatoms. The lowest BCUT2D eigenvalue weighted by Crippen LogP contribution is -2.17. The number of halogens is 2. The number of benzene rings is 1. The van der Waals surface area contributed by atoms with Crippen molar-refractivity contribution < 1.29 is 0 Å². The number of fused-ring (bicyclic) bond motifs is 1. The Kier molecular flexibility index (Phi) is 4.48. The molecule has 3 aromatic rings. The third-order valence-corrected chi connectivity index (χ3v) is 5.24. The Labute approximate surface area is 141 Å². The van der Waals surface area contributed by atoms with Gasteiger partial charge in [0, 0.05) is 27.2 Å². The highest BCUT2D eigenvalue weighted by Crippen LogP contribution is 2.28. The molecule has 0 spiro atoms. The molecule has 0 atom stereocenters. The monoisotopic (exact) mass is 380 g/mol. The van der Waals surface area contributed by atoms with E-state index in [1.807, 2.05) is 12.1 Å². The van der Waals surface area contributed by atoms with E-state index in [1.54, 1.807) is 11.3 Å². The van der Waals surface area contributed by atoms with Crippen LogP contribution in [0.3, 0.4) is 0 Å². The molecule has 108 valence electrons. The predicted octanol–water partition coefficient (Wildman–Crippen LogP) is 5.43. The van der Waals surface area contributed by atoms with Crippen LogP contribution in [0.1, 0.15) is 10.6 Å². The fraction of sp³-hybridized carbons (Fsp3) is 0.188. The number of alkyl halides is 1. The largest absolute Gasteiger partial charge is 0.354 e. The van der Waals surface area contributed by atoms with Crippen LogP contribution in [-0.4, -0.2) is 12.0 Å². The average Bonchev–Trinajstić information content (AvgIpc) is 2.91. The van der Waals surface area contributed by atoms with Crippen LogP contribution in [0.4, 0.5) is 5.82 Å². The second kappa shape index (κ2) is 6.34. The molecule has 21 heavy (non-hydrogen) atoms. The van der Waals surface area contributed by atoms with Crippen molar-refractivity contribution in [2.75, 3.05) is 11.9 Å². The lowest BCUT2D eigenvalue weighted by atomic mass is 10.1. The Hall–Kier alpha value is -1.10. The summed E-state index contributed by atoms with van der Waals surface area (Å²) in [4.78, 5) is 8.18. The SMILES string of the molecule is CN(Cc1cc(Br)cs1)c1nc(CCl)cc2ccccc12. The molecule has 3 rings (SSSR count). The summed E-state index contributed by atoms with van der Waals surface area (Å²) < 4.78 is 1.13. The van der Waals surface area contributed by atoms with Gasteiger partial charge in [-0.3, -0.25) is 0 Å².